The van der Waals surface area contributed by atoms with E-state index in [0.29, 0.717) is 34.0 Å². The quantitative estimate of drug-likeness (QED) is 0.554. The van der Waals surface area contributed by atoms with Crippen molar-refractivity contribution in [2.75, 3.05) is 25.7 Å². The second-order valence-electron chi connectivity index (χ2n) is 7.36. The minimum atomic E-state index is -0.599. The Morgan fingerprint density at radius 3 is 2.62 bits per heavy atom. The number of fused-ring (bicyclic) bond motifs is 1. The highest BCUT2D eigenvalue weighted by Gasteiger charge is 2.34. The predicted octanol–water partition coefficient (Wildman–Crippen LogP) is 4.71. The van der Waals surface area contributed by atoms with Gasteiger partial charge in [0.1, 0.15) is 11.5 Å². The van der Waals surface area contributed by atoms with Gasteiger partial charge in [-0.1, -0.05) is 11.6 Å². The summed E-state index contributed by atoms with van der Waals surface area (Å²) >= 11 is 5.92. The van der Waals surface area contributed by atoms with Crippen molar-refractivity contribution in [3.05, 3.63) is 58.5 Å². The van der Waals surface area contributed by atoms with E-state index in [9.17, 15) is 14.0 Å². The normalized spacial score (nSPS) is 14.3. The molecule has 3 amide bonds. The van der Waals surface area contributed by atoms with E-state index in [1.165, 1.54) is 18.1 Å². The van der Waals surface area contributed by atoms with Crippen molar-refractivity contribution in [2.24, 2.45) is 0 Å². The van der Waals surface area contributed by atoms with Crippen LogP contribution in [-0.2, 0) is 11.3 Å². The fraction of sp³-hybridized carbons (Fsp3) is 0.261. The third kappa shape index (κ3) is 3.82. The number of carbonyl (C=O) groups is 2. The molecule has 2 aromatic carbocycles. The molecule has 0 saturated carbocycles. The number of rotatable bonds is 5. The molecule has 1 fully saturated rings. The smallest absolute Gasteiger partial charge is 0.331 e. The SMILES string of the molecule is COc1ccc(CN2C(=O)CCN(c3cc4c(F)c(Cl)ccc4nc3C)C2=O)c(OC)c1. The molecule has 0 N–H and O–H groups in total. The van der Waals surface area contributed by atoms with Crippen molar-refractivity contribution in [3.63, 3.8) is 0 Å². The zero-order valence-electron chi connectivity index (χ0n) is 17.8. The first-order valence-corrected chi connectivity index (χ1v) is 10.3. The second kappa shape index (κ2) is 8.63. The van der Waals surface area contributed by atoms with Gasteiger partial charge in [0.25, 0.3) is 0 Å². The van der Waals surface area contributed by atoms with Gasteiger partial charge in [-0.25, -0.2) is 9.18 Å². The molecular formula is C23H21ClFN3O4. The number of pyridine rings is 1. The number of hydrogen-bond acceptors (Lipinski definition) is 5. The summed E-state index contributed by atoms with van der Waals surface area (Å²) in [6, 6.07) is 9.29. The molecular weight excluding hydrogens is 437 g/mol. The molecule has 0 unspecified atom stereocenters. The van der Waals surface area contributed by atoms with Gasteiger partial charge in [0, 0.05) is 30.0 Å². The van der Waals surface area contributed by atoms with Gasteiger partial charge >= 0.3 is 6.03 Å². The number of ether oxygens (including phenoxy) is 2. The van der Waals surface area contributed by atoms with Crippen LogP contribution in [0.1, 0.15) is 17.7 Å². The molecule has 0 spiro atoms. The van der Waals surface area contributed by atoms with Gasteiger partial charge in [-0.2, -0.15) is 0 Å². The molecule has 166 valence electrons. The number of aryl methyl sites for hydroxylation is 1. The fourth-order valence-corrected chi connectivity index (χ4v) is 3.93. The van der Waals surface area contributed by atoms with E-state index >= 15 is 0 Å². The van der Waals surface area contributed by atoms with Crippen molar-refractivity contribution < 1.29 is 23.5 Å². The third-order valence-corrected chi connectivity index (χ3v) is 5.77. The molecule has 1 aliphatic rings. The highest BCUT2D eigenvalue weighted by molar-refractivity contribution is 6.31. The minimum Gasteiger partial charge on any atom is -0.497 e. The van der Waals surface area contributed by atoms with Gasteiger partial charge in [-0.15, -0.1) is 0 Å². The highest BCUT2D eigenvalue weighted by atomic mass is 35.5. The van der Waals surface area contributed by atoms with Crippen LogP contribution < -0.4 is 14.4 Å². The lowest BCUT2D eigenvalue weighted by molar-refractivity contribution is -0.129. The number of aromatic nitrogens is 1. The van der Waals surface area contributed by atoms with Crippen LogP contribution >= 0.6 is 11.6 Å². The number of benzene rings is 2. The van der Waals surface area contributed by atoms with E-state index in [1.807, 2.05) is 0 Å². The highest BCUT2D eigenvalue weighted by Crippen LogP contribution is 2.32. The molecule has 0 atom stereocenters. The lowest BCUT2D eigenvalue weighted by atomic mass is 10.1. The average Bonchev–Trinajstić information content (AvgIpc) is 2.79. The summed E-state index contributed by atoms with van der Waals surface area (Å²) in [6.07, 6.45) is 0.125. The van der Waals surface area contributed by atoms with Crippen molar-refractivity contribution in [2.45, 2.75) is 19.9 Å². The second-order valence-corrected chi connectivity index (χ2v) is 7.77. The van der Waals surface area contributed by atoms with Crippen LogP contribution in [0.4, 0.5) is 14.9 Å². The molecule has 0 radical (unpaired) electrons. The lowest BCUT2D eigenvalue weighted by Gasteiger charge is -2.35. The molecule has 0 bridgehead atoms. The summed E-state index contributed by atoms with van der Waals surface area (Å²) in [5.74, 6) is 0.201. The molecule has 4 rings (SSSR count). The van der Waals surface area contributed by atoms with Crippen LogP contribution in [-0.4, -0.2) is 42.6 Å². The van der Waals surface area contributed by atoms with Crippen LogP contribution in [0.2, 0.25) is 5.02 Å². The first kappa shape index (κ1) is 21.8. The Kier molecular flexibility index (Phi) is 5.88. The minimum absolute atomic E-state index is 0.0255. The maximum atomic E-state index is 14.6. The molecule has 1 aliphatic heterocycles. The largest absolute Gasteiger partial charge is 0.497 e. The summed E-state index contributed by atoms with van der Waals surface area (Å²) in [4.78, 5) is 33.0. The Balaban J connectivity index is 1.70. The van der Waals surface area contributed by atoms with Gasteiger partial charge < -0.3 is 9.47 Å². The molecule has 2 heterocycles. The van der Waals surface area contributed by atoms with E-state index in [4.69, 9.17) is 21.1 Å². The maximum Gasteiger partial charge on any atom is 0.331 e. The summed E-state index contributed by atoms with van der Waals surface area (Å²) in [5, 5.41) is 0.189. The molecule has 1 aromatic heterocycles. The van der Waals surface area contributed by atoms with Crippen LogP contribution in [0.5, 0.6) is 11.5 Å². The number of amides is 3. The summed E-state index contributed by atoms with van der Waals surface area (Å²) in [6.45, 7) is 1.94. The summed E-state index contributed by atoms with van der Waals surface area (Å²) in [5.41, 5.74) is 2.07. The summed E-state index contributed by atoms with van der Waals surface area (Å²) < 4.78 is 25.2. The summed E-state index contributed by atoms with van der Waals surface area (Å²) in [7, 11) is 3.05. The Morgan fingerprint density at radius 2 is 1.91 bits per heavy atom. The Morgan fingerprint density at radius 1 is 1.12 bits per heavy atom. The zero-order chi connectivity index (χ0) is 23.0. The van der Waals surface area contributed by atoms with Crippen molar-refractivity contribution >= 4 is 40.1 Å². The first-order valence-electron chi connectivity index (χ1n) is 9.92. The van der Waals surface area contributed by atoms with E-state index in [0.717, 1.165) is 4.90 Å². The van der Waals surface area contributed by atoms with Gasteiger partial charge in [0.05, 0.1) is 42.7 Å². The molecule has 32 heavy (non-hydrogen) atoms. The van der Waals surface area contributed by atoms with Gasteiger partial charge in [0.15, 0.2) is 5.82 Å². The van der Waals surface area contributed by atoms with E-state index in [-0.39, 0.29) is 35.8 Å². The van der Waals surface area contributed by atoms with Gasteiger partial charge in [-0.3, -0.25) is 19.6 Å². The van der Waals surface area contributed by atoms with E-state index in [2.05, 4.69) is 4.98 Å². The monoisotopic (exact) mass is 457 g/mol. The standard InChI is InChI=1S/C23H21ClFN3O4/c1-13-19(11-16-18(26-13)7-6-17(24)22(16)25)27-9-8-21(29)28(23(27)30)12-14-4-5-15(31-2)10-20(14)32-3/h4-7,10-11H,8-9,12H2,1-3H3. The fourth-order valence-electron chi connectivity index (χ4n) is 3.77. The van der Waals surface area contributed by atoms with Crippen LogP contribution in [0, 0.1) is 12.7 Å². The first-order chi connectivity index (χ1) is 15.3. The van der Waals surface area contributed by atoms with Gasteiger partial charge in [-0.05, 0) is 37.3 Å². The number of anilines is 1. The van der Waals surface area contributed by atoms with Crippen LogP contribution in [0.25, 0.3) is 10.9 Å². The number of imide groups is 1. The average molecular weight is 458 g/mol. The Labute approximate surface area is 189 Å². The number of methoxy groups -OCH3 is 2. The topological polar surface area (TPSA) is 72.0 Å². The Bertz CT molecular complexity index is 1230. The molecule has 1 saturated heterocycles. The van der Waals surface area contributed by atoms with Gasteiger partial charge in [0.2, 0.25) is 5.91 Å². The maximum absolute atomic E-state index is 14.6. The van der Waals surface area contributed by atoms with Crippen LogP contribution in [0.3, 0.4) is 0 Å². The predicted molar refractivity (Wildman–Crippen MR) is 119 cm³/mol. The number of hydrogen-bond donors (Lipinski definition) is 0. The number of urea groups is 1. The zero-order valence-corrected chi connectivity index (χ0v) is 18.6. The third-order valence-electron chi connectivity index (χ3n) is 5.48. The molecule has 3 aromatic rings. The van der Waals surface area contributed by atoms with E-state index in [1.54, 1.807) is 44.4 Å². The molecule has 7 nitrogen and oxygen atoms in total. The number of halogens is 2. The Hall–Kier alpha value is -3.39. The number of nitrogens with zero attached hydrogens (tertiary/aromatic N) is 3. The molecule has 9 heteroatoms. The van der Waals surface area contributed by atoms with Crippen molar-refractivity contribution in [1.29, 1.82) is 0 Å². The van der Waals surface area contributed by atoms with E-state index < -0.39 is 11.8 Å². The number of carbonyl (C=O) groups excluding carboxylic acids is 2. The lowest BCUT2D eigenvalue weighted by Crippen LogP contribution is -2.52. The van der Waals surface area contributed by atoms with Crippen molar-refractivity contribution in [1.82, 2.24) is 9.88 Å². The van der Waals surface area contributed by atoms with Crippen molar-refractivity contribution in [3.8, 4) is 11.5 Å². The molecule has 0 aliphatic carbocycles. The van der Waals surface area contributed by atoms with Crippen LogP contribution in [0.15, 0.2) is 36.4 Å².